The first-order chi connectivity index (χ1) is 12.1. The molecule has 0 fully saturated rings. The van der Waals surface area contributed by atoms with Crippen molar-refractivity contribution in [3.05, 3.63) is 65.7 Å². The Bertz CT molecular complexity index is 709. The zero-order valence-corrected chi connectivity index (χ0v) is 15.2. The maximum Gasteiger partial charge on any atom is 0.253 e. The molecule has 0 saturated carbocycles. The number of carbonyl (C=O) groups is 2. The van der Waals surface area contributed by atoms with Gasteiger partial charge in [0.25, 0.3) is 5.91 Å². The van der Waals surface area contributed by atoms with Crippen molar-refractivity contribution < 1.29 is 9.59 Å². The summed E-state index contributed by atoms with van der Waals surface area (Å²) >= 11 is 0. The third-order valence-electron chi connectivity index (χ3n) is 4.35. The van der Waals surface area contributed by atoms with Crippen LogP contribution in [0.25, 0.3) is 0 Å². The van der Waals surface area contributed by atoms with Crippen molar-refractivity contribution in [2.45, 2.75) is 33.1 Å². The average molecular weight is 338 g/mol. The van der Waals surface area contributed by atoms with Crippen LogP contribution in [0, 0.1) is 0 Å². The molecule has 2 aromatic rings. The van der Waals surface area contributed by atoms with Crippen LogP contribution in [0.15, 0.2) is 54.6 Å². The Kier molecular flexibility index (Phi) is 6.75. The van der Waals surface area contributed by atoms with E-state index in [0.717, 1.165) is 5.56 Å². The highest BCUT2D eigenvalue weighted by atomic mass is 16.2. The van der Waals surface area contributed by atoms with E-state index in [1.54, 1.807) is 23.1 Å². The lowest BCUT2D eigenvalue weighted by molar-refractivity contribution is -0.117. The fourth-order valence-corrected chi connectivity index (χ4v) is 2.91. The van der Waals surface area contributed by atoms with Crippen molar-refractivity contribution in [2.24, 2.45) is 0 Å². The molecule has 0 aliphatic heterocycles. The number of hydrogen-bond donors (Lipinski definition) is 1. The van der Waals surface area contributed by atoms with Gasteiger partial charge < -0.3 is 10.2 Å². The summed E-state index contributed by atoms with van der Waals surface area (Å²) in [7, 11) is 0. The number of carbonyl (C=O) groups excluding carboxylic acids is 2. The average Bonchev–Trinajstić information content (AvgIpc) is 2.64. The molecule has 0 aliphatic rings. The molecule has 1 atom stereocenters. The standard InChI is InChI=1S/C21H26N2O2/c1-4-19(16-11-8-7-9-12-16)20(24)22-18-14-10-13-17(15-18)21(25)23(5-2)6-3/h7-15,19H,4-6H2,1-3H3,(H,22,24)/t19-/m0/s1. The fourth-order valence-electron chi connectivity index (χ4n) is 2.91. The van der Waals surface area contributed by atoms with Gasteiger partial charge in [0.1, 0.15) is 0 Å². The first-order valence-corrected chi connectivity index (χ1v) is 8.85. The van der Waals surface area contributed by atoms with Gasteiger partial charge in [0.15, 0.2) is 0 Å². The number of amides is 2. The molecule has 0 radical (unpaired) electrons. The molecule has 4 nitrogen and oxygen atoms in total. The normalized spacial score (nSPS) is 11.6. The van der Waals surface area contributed by atoms with Gasteiger partial charge in [-0.1, -0.05) is 43.3 Å². The second-order valence-electron chi connectivity index (χ2n) is 5.92. The Hall–Kier alpha value is -2.62. The van der Waals surface area contributed by atoms with E-state index in [0.29, 0.717) is 30.8 Å². The topological polar surface area (TPSA) is 49.4 Å². The second-order valence-corrected chi connectivity index (χ2v) is 5.92. The van der Waals surface area contributed by atoms with Gasteiger partial charge >= 0.3 is 0 Å². The van der Waals surface area contributed by atoms with E-state index in [1.807, 2.05) is 57.2 Å². The number of nitrogens with zero attached hydrogens (tertiary/aromatic N) is 1. The summed E-state index contributed by atoms with van der Waals surface area (Å²) in [6.45, 7) is 7.24. The van der Waals surface area contributed by atoms with E-state index >= 15 is 0 Å². The minimum atomic E-state index is -0.205. The number of nitrogens with one attached hydrogen (secondary N) is 1. The van der Waals surface area contributed by atoms with Gasteiger partial charge in [-0.3, -0.25) is 9.59 Å². The predicted octanol–water partition coefficient (Wildman–Crippen LogP) is 4.30. The molecule has 2 aromatic carbocycles. The highest BCUT2D eigenvalue weighted by Crippen LogP contribution is 2.22. The van der Waals surface area contributed by atoms with Crippen LogP contribution < -0.4 is 5.32 Å². The smallest absolute Gasteiger partial charge is 0.253 e. The van der Waals surface area contributed by atoms with Crippen molar-refractivity contribution in [1.82, 2.24) is 4.90 Å². The summed E-state index contributed by atoms with van der Waals surface area (Å²) in [6.07, 6.45) is 0.716. The van der Waals surface area contributed by atoms with Crippen LogP contribution in [0.1, 0.15) is 49.0 Å². The van der Waals surface area contributed by atoms with Gasteiger partial charge in [-0.05, 0) is 44.0 Å². The Morgan fingerprint density at radius 3 is 2.24 bits per heavy atom. The van der Waals surface area contributed by atoms with E-state index in [-0.39, 0.29) is 17.7 Å². The van der Waals surface area contributed by atoms with Crippen LogP contribution in [0.2, 0.25) is 0 Å². The van der Waals surface area contributed by atoms with Gasteiger partial charge in [0, 0.05) is 24.3 Å². The largest absolute Gasteiger partial charge is 0.339 e. The number of benzene rings is 2. The molecule has 0 aliphatic carbocycles. The molecular weight excluding hydrogens is 312 g/mol. The van der Waals surface area contributed by atoms with Gasteiger partial charge in [0.05, 0.1) is 5.92 Å². The van der Waals surface area contributed by atoms with Crippen molar-refractivity contribution in [3.8, 4) is 0 Å². The first-order valence-electron chi connectivity index (χ1n) is 8.85. The summed E-state index contributed by atoms with van der Waals surface area (Å²) < 4.78 is 0. The van der Waals surface area contributed by atoms with Crippen LogP contribution in [-0.4, -0.2) is 29.8 Å². The van der Waals surface area contributed by atoms with Crippen molar-refractivity contribution >= 4 is 17.5 Å². The third kappa shape index (κ3) is 4.69. The number of rotatable bonds is 7. The molecule has 132 valence electrons. The van der Waals surface area contributed by atoms with E-state index < -0.39 is 0 Å². The predicted molar refractivity (Wildman–Crippen MR) is 102 cm³/mol. The molecule has 4 heteroatoms. The quantitative estimate of drug-likeness (QED) is 0.818. The summed E-state index contributed by atoms with van der Waals surface area (Å²) in [4.78, 5) is 26.9. The minimum absolute atomic E-state index is 0.0174. The zero-order valence-electron chi connectivity index (χ0n) is 15.2. The molecular formula is C21H26N2O2. The van der Waals surface area contributed by atoms with E-state index in [9.17, 15) is 9.59 Å². The molecule has 0 heterocycles. The van der Waals surface area contributed by atoms with E-state index in [2.05, 4.69) is 5.32 Å². The van der Waals surface area contributed by atoms with Gasteiger partial charge in [0.2, 0.25) is 5.91 Å². The second kappa shape index (κ2) is 9.02. The Morgan fingerprint density at radius 1 is 0.960 bits per heavy atom. The highest BCUT2D eigenvalue weighted by Gasteiger charge is 2.19. The van der Waals surface area contributed by atoms with Crippen LogP contribution >= 0.6 is 0 Å². The van der Waals surface area contributed by atoms with Crippen LogP contribution in [0.4, 0.5) is 5.69 Å². The van der Waals surface area contributed by atoms with Crippen molar-refractivity contribution in [3.63, 3.8) is 0 Å². The van der Waals surface area contributed by atoms with Crippen molar-refractivity contribution in [1.29, 1.82) is 0 Å². The summed E-state index contributed by atoms with van der Waals surface area (Å²) in [5, 5.41) is 2.95. The summed E-state index contributed by atoms with van der Waals surface area (Å²) in [5.74, 6) is -0.277. The van der Waals surface area contributed by atoms with E-state index in [4.69, 9.17) is 0 Å². The Labute approximate surface area is 149 Å². The highest BCUT2D eigenvalue weighted by molar-refractivity contribution is 5.99. The minimum Gasteiger partial charge on any atom is -0.339 e. The van der Waals surface area contributed by atoms with E-state index in [1.165, 1.54) is 0 Å². The molecule has 0 aromatic heterocycles. The number of anilines is 1. The summed E-state index contributed by atoms with van der Waals surface area (Å²) in [5.41, 5.74) is 2.24. The molecule has 0 bridgehead atoms. The van der Waals surface area contributed by atoms with Gasteiger partial charge in [-0.25, -0.2) is 0 Å². The molecule has 0 saturated heterocycles. The maximum atomic E-state index is 12.7. The molecule has 2 amide bonds. The van der Waals surface area contributed by atoms with Crippen LogP contribution in [0.3, 0.4) is 0 Å². The van der Waals surface area contributed by atoms with Crippen molar-refractivity contribution in [2.75, 3.05) is 18.4 Å². The molecule has 25 heavy (non-hydrogen) atoms. The molecule has 0 spiro atoms. The number of hydrogen-bond acceptors (Lipinski definition) is 2. The lowest BCUT2D eigenvalue weighted by Crippen LogP contribution is -2.30. The SMILES string of the molecule is CC[C@H](C(=O)Nc1cccc(C(=O)N(CC)CC)c1)c1ccccc1. The summed E-state index contributed by atoms with van der Waals surface area (Å²) in [6, 6.07) is 16.9. The lowest BCUT2D eigenvalue weighted by atomic mass is 9.95. The first kappa shape index (κ1) is 18.7. The zero-order chi connectivity index (χ0) is 18.2. The van der Waals surface area contributed by atoms with Crippen LogP contribution in [-0.2, 0) is 4.79 Å². The van der Waals surface area contributed by atoms with Gasteiger partial charge in [-0.15, -0.1) is 0 Å². The Balaban J connectivity index is 2.16. The molecule has 2 rings (SSSR count). The third-order valence-corrected chi connectivity index (χ3v) is 4.35. The maximum absolute atomic E-state index is 12.7. The lowest BCUT2D eigenvalue weighted by Gasteiger charge is -2.19. The van der Waals surface area contributed by atoms with Gasteiger partial charge in [-0.2, -0.15) is 0 Å². The Morgan fingerprint density at radius 2 is 1.64 bits per heavy atom. The molecule has 1 N–H and O–H groups in total. The fraction of sp³-hybridized carbons (Fsp3) is 0.333. The molecule has 0 unspecified atom stereocenters. The van der Waals surface area contributed by atoms with Crippen LogP contribution in [0.5, 0.6) is 0 Å². The monoisotopic (exact) mass is 338 g/mol.